The molecule has 0 aromatic carbocycles. The van der Waals surface area contributed by atoms with E-state index in [1.54, 1.807) is 0 Å². The van der Waals surface area contributed by atoms with E-state index in [1.807, 2.05) is 19.9 Å². The van der Waals surface area contributed by atoms with Crippen molar-refractivity contribution in [3.8, 4) is 0 Å². The lowest BCUT2D eigenvalue weighted by atomic mass is 10.0. The van der Waals surface area contributed by atoms with E-state index in [0.717, 1.165) is 0 Å². The van der Waals surface area contributed by atoms with Gasteiger partial charge in [-0.25, -0.2) is 0 Å². The van der Waals surface area contributed by atoms with E-state index < -0.39 is 0 Å². The van der Waals surface area contributed by atoms with Gasteiger partial charge in [-0.05, 0) is 13.8 Å². The summed E-state index contributed by atoms with van der Waals surface area (Å²) < 4.78 is 0. The van der Waals surface area contributed by atoms with Crippen molar-refractivity contribution in [2.45, 2.75) is 20.2 Å². The van der Waals surface area contributed by atoms with Gasteiger partial charge in [-0.3, -0.25) is 0 Å². The van der Waals surface area contributed by atoms with Crippen LogP contribution in [0.5, 0.6) is 0 Å². The largest absolute Gasteiger partial charge is 0.0945 e. The van der Waals surface area contributed by atoms with Crippen LogP contribution in [0.2, 0.25) is 6.32 Å². The van der Waals surface area contributed by atoms with Gasteiger partial charge in [0, 0.05) is 0 Å². The van der Waals surface area contributed by atoms with Gasteiger partial charge < -0.3 is 0 Å². The monoisotopic (exact) mass is 80.1 g/mol. The van der Waals surface area contributed by atoms with E-state index in [0.29, 0.717) is 6.32 Å². The fourth-order valence-electron chi connectivity index (χ4n) is 0.236. The van der Waals surface area contributed by atoms with Gasteiger partial charge in [-0.15, -0.1) is 0 Å². The number of hydrogen-bond donors (Lipinski definition) is 0. The Morgan fingerprint density at radius 1 is 1.67 bits per heavy atom. The zero-order valence-corrected chi connectivity index (χ0v) is 4.36. The Morgan fingerprint density at radius 2 is 2.17 bits per heavy atom. The Bertz CT molecular complexity index is 51.0. The second kappa shape index (κ2) is 3.01. The van der Waals surface area contributed by atoms with Crippen LogP contribution in [0.3, 0.4) is 0 Å². The highest BCUT2D eigenvalue weighted by molar-refractivity contribution is 6.09. The average molecular weight is 79.9 g/mol. The van der Waals surface area contributed by atoms with Crippen LogP contribution < -0.4 is 0 Å². The summed E-state index contributed by atoms with van der Waals surface area (Å²) in [5.74, 6) is 0. The minimum absolute atomic E-state index is 0.669. The first-order chi connectivity index (χ1) is 2.77. The molecular formula is C5H9B. The molecule has 0 saturated heterocycles. The fourth-order valence-corrected chi connectivity index (χ4v) is 0.236. The Balaban J connectivity index is 3.14. The lowest BCUT2D eigenvalue weighted by Gasteiger charge is -1.80. The first kappa shape index (κ1) is 5.80. The molecule has 6 heavy (non-hydrogen) atoms. The van der Waals surface area contributed by atoms with Crippen LogP contribution >= 0.6 is 0 Å². The van der Waals surface area contributed by atoms with Crippen LogP contribution in [-0.4, -0.2) is 7.85 Å². The highest BCUT2D eigenvalue weighted by Crippen LogP contribution is 1.87. The lowest BCUT2D eigenvalue weighted by molar-refractivity contribution is 1.36. The van der Waals surface area contributed by atoms with E-state index >= 15 is 0 Å². The quantitative estimate of drug-likeness (QED) is 0.331. The van der Waals surface area contributed by atoms with Crippen molar-refractivity contribution in [1.29, 1.82) is 0 Å². The minimum atomic E-state index is 0.669. The van der Waals surface area contributed by atoms with Crippen LogP contribution in [0.4, 0.5) is 0 Å². The van der Waals surface area contributed by atoms with Crippen molar-refractivity contribution >= 4 is 7.85 Å². The molecule has 0 aliphatic carbocycles. The smallest absolute Gasteiger partial charge is 0.0708 e. The molecule has 0 nitrogen and oxygen atoms in total. The van der Waals surface area contributed by atoms with Crippen molar-refractivity contribution in [1.82, 2.24) is 0 Å². The molecule has 0 fully saturated rings. The van der Waals surface area contributed by atoms with Crippen molar-refractivity contribution in [2.75, 3.05) is 0 Å². The van der Waals surface area contributed by atoms with Gasteiger partial charge >= 0.3 is 0 Å². The van der Waals surface area contributed by atoms with Crippen molar-refractivity contribution in [3.05, 3.63) is 11.6 Å². The molecule has 0 aliphatic rings. The molecule has 32 valence electrons. The molecule has 0 aliphatic heterocycles. The van der Waals surface area contributed by atoms with E-state index in [-0.39, 0.29) is 0 Å². The summed E-state index contributed by atoms with van der Waals surface area (Å²) in [7, 11) is 5.15. The predicted octanol–water partition coefficient (Wildman–Crippen LogP) is 1.54. The lowest BCUT2D eigenvalue weighted by Crippen LogP contribution is -1.61. The van der Waals surface area contributed by atoms with Gasteiger partial charge in [0.05, 0.1) is 7.85 Å². The summed E-state index contributed by atoms with van der Waals surface area (Å²) in [5.41, 5.74) is 1.29. The van der Waals surface area contributed by atoms with Gasteiger partial charge in [-0.1, -0.05) is 18.0 Å². The van der Waals surface area contributed by atoms with Gasteiger partial charge in [0.25, 0.3) is 0 Å². The first-order valence-corrected chi connectivity index (χ1v) is 2.11. The first-order valence-electron chi connectivity index (χ1n) is 2.11. The second-order valence-electron chi connectivity index (χ2n) is 1.52. The summed E-state index contributed by atoms with van der Waals surface area (Å²) in [4.78, 5) is 0. The molecule has 0 spiro atoms. The van der Waals surface area contributed by atoms with E-state index in [2.05, 4.69) is 0 Å². The van der Waals surface area contributed by atoms with Gasteiger partial charge in [0.1, 0.15) is 0 Å². The number of rotatable bonds is 1. The Hall–Kier alpha value is -0.195. The van der Waals surface area contributed by atoms with Gasteiger partial charge in [-0.2, -0.15) is 0 Å². The molecular weight excluding hydrogens is 70.9 g/mol. The van der Waals surface area contributed by atoms with E-state index in [9.17, 15) is 0 Å². The topological polar surface area (TPSA) is 0 Å². The summed E-state index contributed by atoms with van der Waals surface area (Å²) in [5, 5.41) is 0. The predicted molar refractivity (Wildman–Crippen MR) is 30.0 cm³/mol. The van der Waals surface area contributed by atoms with Crippen LogP contribution in [0.15, 0.2) is 11.6 Å². The Morgan fingerprint density at radius 3 is 2.17 bits per heavy atom. The minimum Gasteiger partial charge on any atom is -0.0945 e. The summed E-state index contributed by atoms with van der Waals surface area (Å²) in [6, 6.07) is 0. The van der Waals surface area contributed by atoms with Crippen LogP contribution in [-0.2, 0) is 0 Å². The van der Waals surface area contributed by atoms with Gasteiger partial charge in [0.2, 0.25) is 0 Å². The van der Waals surface area contributed by atoms with Crippen molar-refractivity contribution < 1.29 is 0 Å². The highest BCUT2D eigenvalue weighted by atomic mass is 13.7. The molecule has 0 atom stereocenters. The maximum absolute atomic E-state index is 5.15. The van der Waals surface area contributed by atoms with Crippen LogP contribution in [0.25, 0.3) is 0 Å². The van der Waals surface area contributed by atoms with E-state index in [4.69, 9.17) is 7.85 Å². The third-order valence-electron chi connectivity index (χ3n) is 0.526. The standard InChI is InChI=1S/C5H9B/c1-5(2)3-4-6/h3H,4H2,1-2H3. The molecule has 0 aromatic heterocycles. The maximum atomic E-state index is 5.15. The van der Waals surface area contributed by atoms with Gasteiger partial charge in [0.15, 0.2) is 0 Å². The normalized spacial score (nSPS) is 7.67. The molecule has 1 heteroatoms. The van der Waals surface area contributed by atoms with Crippen molar-refractivity contribution in [2.24, 2.45) is 0 Å². The molecule has 0 unspecified atom stereocenters. The maximum Gasteiger partial charge on any atom is 0.0708 e. The Kier molecular flexibility index (Phi) is 2.92. The zero-order valence-electron chi connectivity index (χ0n) is 4.36. The molecule has 0 aromatic rings. The van der Waals surface area contributed by atoms with E-state index in [1.165, 1.54) is 5.57 Å². The molecule has 0 bridgehead atoms. The van der Waals surface area contributed by atoms with Crippen LogP contribution in [0.1, 0.15) is 13.8 Å². The highest BCUT2D eigenvalue weighted by Gasteiger charge is 1.67. The summed E-state index contributed by atoms with van der Waals surface area (Å²) in [6.07, 6.45) is 2.66. The molecule has 2 radical (unpaired) electrons. The summed E-state index contributed by atoms with van der Waals surface area (Å²) >= 11 is 0. The Labute approximate surface area is 40.7 Å². The molecule has 0 amide bonds. The number of hydrogen-bond acceptors (Lipinski definition) is 0. The SMILES string of the molecule is [B]CC=C(C)C. The molecule has 0 N–H and O–H groups in total. The second-order valence-corrected chi connectivity index (χ2v) is 1.52. The zero-order chi connectivity index (χ0) is 4.99. The fraction of sp³-hybridized carbons (Fsp3) is 0.600. The summed E-state index contributed by atoms with van der Waals surface area (Å²) in [6.45, 7) is 4.07. The molecule has 0 heterocycles. The molecule has 0 rings (SSSR count). The third kappa shape index (κ3) is 3.80. The molecule has 0 saturated carbocycles. The van der Waals surface area contributed by atoms with Crippen molar-refractivity contribution in [3.63, 3.8) is 0 Å². The average Bonchev–Trinajstić information content (AvgIpc) is 1.35. The van der Waals surface area contributed by atoms with Crippen LogP contribution in [0, 0.1) is 0 Å². The third-order valence-corrected chi connectivity index (χ3v) is 0.526. The number of allylic oxidation sites excluding steroid dienone is 2.